The Balaban J connectivity index is 1.45. The fourth-order valence-electron chi connectivity index (χ4n) is 7.33. The van der Waals surface area contributed by atoms with E-state index in [1.807, 2.05) is 34.1 Å². The smallest absolute Gasteiger partial charge is 0.335 e. The SMILES string of the molecule is CCCCC(CC)CN1C(=O)C2=C(c3ccc(C#Cc4ccc(C(=O)O)cc4)s3)N(CC(CC)CCCC)C(=O)C2=C1c1ccc(C#Cc2ccc(C(=O)O)cc2)s1. The summed E-state index contributed by atoms with van der Waals surface area (Å²) in [4.78, 5) is 59.5. The minimum Gasteiger partial charge on any atom is -0.478 e. The zero-order chi connectivity index (χ0) is 41.3. The molecule has 2 atom stereocenters. The summed E-state index contributed by atoms with van der Waals surface area (Å²) >= 11 is 2.89. The summed E-state index contributed by atoms with van der Waals surface area (Å²) in [6.45, 7) is 9.66. The van der Waals surface area contributed by atoms with Gasteiger partial charge in [0.15, 0.2) is 0 Å². The predicted molar refractivity (Wildman–Crippen MR) is 231 cm³/mol. The van der Waals surface area contributed by atoms with Crippen LogP contribution >= 0.6 is 22.7 Å². The second kappa shape index (κ2) is 19.2. The van der Waals surface area contributed by atoms with Crippen molar-refractivity contribution in [2.75, 3.05) is 13.1 Å². The molecular weight excluding hydrogens is 765 g/mol. The molecule has 10 heteroatoms. The maximum absolute atomic E-state index is 15.0. The van der Waals surface area contributed by atoms with Crippen molar-refractivity contribution in [3.05, 3.63) is 126 Å². The van der Waals surface area contributed by atoms with Crippen molar-refractivity contribution in [3.8, 4) is 23.7 Å². The fourth-order valence-corrected chi connectivity index (χ4v) is 9.17. The maximum Gasteiger partial charge on any atom is 0.335 e. The van der Waals surface area contributed by atoms with Crippen LogP contribution < -0.4 is 0 Å². The molecule has 8 nitrogen and oxygen atoms in total. The summed E-state index contributed by atoms with van der Waals surface area (Å²) in [6.07, 6.45) is 7.99. The van der Waals surface area contributed by atoms with Gasteiger partial charge in [0.05, 0.1) is 53.2 Å². The normalized spacial score (nSPS) is 14.6. The molecule has 2 aliphatic heterocycles. The number of thiophene rings is 2. The summed E-state index contributed by atoms with van der Waals surface area (Å²) in [5.74, 6) is 10.9. The molecule has 0 fully saturated rings. The molecular formula is C48H48N2O6S2. The lowest BCUT2D eigenvalue weighted by atomic mass is 9.98. The van der Waals surface area contributed by atoms with Gasteiger partial charge in [-0.15, -0.1) is 22.7 Å². The number of nitrogens with zero attached hydrogens (tertiary/aromatic N) is 2. The molecule has 4 heterocycles. The quantitative estimate of drug-likeness (QED) is 0.109. The molecule has 0 saturated heterocycles. The molecule has 58 heavy (non-hydrogen) atoms. The third-order valence-electron chi connectivity index (χ3n) is 10.8. The van der Waals surface area contributed by atoms with Gasteiger partial charge in [-0.1, -0.05) is 89.9 Å². The number of carboxylic acid groups (broad SMARTS) is 2. The molecule has 6 rings (SSSR count). The summed E-state index contributed by atoms with van der Waals surface area (Å²) in [5.41, 5.74) is 3.93. The van der Waals surface area contributed by atoms with E-state index in [4.69, 9.17) is 0 Å². The van der Waals surface area contributed by atoms with Crippen LogP contribution in [0.5, 0.6) is 0 Å². The molecule has 2 N–H and O–H groups in total. The third kappa shape index (κ3) is 9.37. The Bertz CT molecular complexity index is 2210. The van der Waals surface area contributed by atoms with Gasteiger partial charge in [0, 0.05) is 24.2 Å². The van der Waals surface area contributed by atoms with Crippen molar-refractivity contribution in [2.24, 2.45) is 11.8 Å². The highest BCUT2D eigenvalue weighted by atomic mass is 32.1. The minimum absolute atomic E-state index is 0.161. The molecule has 0 saturated carbocycles. The average Bonchev–Trinajstić information content (AvgIpc) is 4.02. The van der Waals surface area contributed by atoms with Crippen LogP contribution in [-0.4, -0.2) is 56.9 Å². The Kier molecular flexibility index (Phi) is 13.9. The van der Waals surface area contributed by atoms with Crippen LogP contribution in [0.1, 0.15) is 130 Å². The van der Waals surface area contributed by atoms with Gasteiger partial charge in [0.1, 0.15) is 0 Å². The molecule has 2 amide bonds. The van der Waals surface area contributed by atoms with Gasteiger partial charge in [-0.25, -0.2) is 9.59 Å². The van der Waals surface area contributed by atoms with Crippen LogP contribution in [0.4, 0.5) is 0 Å². The lowest BCUT2D eigenvalue weighted by Crippen LogP contribution is -2.34. The van der Waals surface area contributed by atoms with Gasteiger partial charge in [0.25, 0.3) is 11.8 Å². The number of rotatable bonds is 16. The lowest BCUT2D eigenvalue weighted by molar-refractivity contribution is -0.124. The lowest BCUT2D eigenvalue weighted by Gasteiger charge is -2.29. The number of fused-ring (bicyclic) bond motifs is 1. The van der Waals surface area contributed by atoms with Gasteiger partial charge in [0.2, 0.25) is 0 Å². The Morgan fingerprint density at radius 2 is 0.948 bits per heavy atom. The van der Waals surface area contributed by atoms with Gasteiger partial charge in [-0.05, 0) is 97.5 Å². The van der Waals surface area contributed by atoms with E-state index in [9.17, 15) is 19.8 Å². The van der Waals surface area contributed by atoms with E-state index in [-0.39, 0.29) is 34.8 Å². The van der Waals surface area contributed by atoms with Crippen molar-refractivity contribution < 1.29 is 29.4 Å². The average molecular weight is 813 g/mol. The zero-order valence-corrected chi connectivity index (χ0v) is 35.0. The van der Waals surface area contributed by atoms with Crippen molar-refractivity contribution >= 4 is 57.8 Å². The van der Waals surface area contributed by atoms with Crippen LogP contribution in [0.2, 0.25) is 0 Å². The zero-order valence-electron chi connectivity index (χ0n) is 33.4. The van der Waals surface area contributed by atoms with Gasteiger partial charge in [-0.2, -0.15) is 0 Å². The molecule has 0 bridgehead atoms. The number of carbonyl (C=O) groups is 4. The Morgan fingerprint density at radius 3 is 1.28 bits per heavy atom. The largest absolute Gasteiger partial charge is 0.478 e. The van der Waals surface area contributed by atoms with E-state index in [0.29, 0.717) is 46.8 Å². The van der Waals surface area contributed by atoms with E-state index in [1.165, 1.54) is 46.9 Å². The Hall–Kier alpha value is -5.68. The molecule has 0 radical (unpaired) electrons. The number of amides is 2. The predicted octanol–water partition coefficient (Wildman–Crippen LogP) is 10.2. The summed E-state index contributed by atoms with van der Waals surface area (Å²) < 4.78 is 0. The van der Waals surface area contributed by atoms with Crippen LogP contribution in [0.15, 0.2) is 83.9 Å². The van der Waals surface area contributed by atoms with Crippen LogP contribution in [0.25, 0.3) is 11.4 Å². The van der Waals surface area contributed by atoms with Gasteiger partial charge in [-0.3, -0.25) is 9.59 Å². The molecule has 298 valence electrons. The van der Waals surface area contributed by atoms with E-state index in [0.717, 1.165) is 70.9 Å². The molecule has 2 aromatic heterocycles. The van der Waals surface area contributed by atoms with Crippen molar-refractivity contribution in [1.29, 1.82) is 0 Å². The maximum atomic E-state index is 15.0. The monoisotopic (exact) mass is 812 g/mol. The number of hydrogen-bond donors (Lipinski definition) is 2. The van der Waals surface area contributed by atoms with Crippen LogP contribution in [0.3, 0.4) is 0 Å². The molecule has 0 spiro atoms. The first-order chi connectivity index (χ1) is 28.1. The standard InChI is InChI=1S/C48H48N2O6S2/c1-5-9-11-31(7-3)29-49-43(39-27-25-37(57-39)23-17-33-13-19-35(20-14-33)47(53)54)41-42(45(49)51)44(50(46(41)52)30-32(8-4)12-10-6-2)40-28-26-38(58-40)24-18-34-15-21-36(22-16-34)48(55)56/h13-16,19-22,25-28,31-32H,5-12,29-30H2,1-4H3,(H,53,54)(H,55,56). The third-order valence-corrected chi connectivity index (χ3v) is 12.8. The van der Waals surface area contributed by atoms with Gasteiger partial charge >= 0.3 is 11.9 Å². The van der Waals surface area contributed by atoms with Gasteiger partial charge < -0.3 is 20.0 Å². The molecule has 0 aliphatic carbocycles. The van der Waals surface area contributed by atoms with Crippen molar-refractivity contribution in [1.82, 2.24) is 9.80 Å². The second-order valence-electron chi connectivity index (χ2n) is 14.7. The second-order valence-corrected chi connectivity index (χ2v) is 16.9. The highest BCUT2D eigenvalue weighted by Gasteiger charge is 2.50. The van der Waals surface area contributed by atoms with Crippen molar-refractivity contribution in [3.63, 3.8) is 0 Å². The van der Waals surface area contributed by atoms with Crippen LogP contribution in [0, 0.1) is 35.5 Å². The summed E-state index contributed by atoms with van der Waals surface area (Å²) in [6, 6.07) is 20.6. The number of carbonyl (C=O) groups excluding carboxylic acids is 2. The first-order valence-electron chi connectivity index (χ1n) is 20.1. The van der Waals surface area contributed by atoms with E-state index >= 15 is 9.59 Å². The number of unbranched alkanes of at least 4 members (excludes halogenated alkanes) is 2. The molecule has 2 unspecified atom stereocenters. The number of carboxylic acids is 2. The summed E-state index contributed by atoms with van der Waals surface area (Å²) in [5, 5.41) is 18.6. The fraction of sp³-hybridized carbons (Fsp3) is 0.333. The molecule has 4 aromatic rings. The van der Waals surface area contributed by atoms with E-state index in [2.05, 4.69) is 51.4 Å². The highest BCUT2D eigenvalue weighted by molar-refractivity contribution is 7.14. The Labute approximate surface area is 348 Å². The Morgan fingerprint density at radius 1 is 0.569 bits per heavy atom. The number of benzene rings is 2. The van der Waals surface area contributed by atoms with Crippen LogP contribution in [-0.2, 0) is 9.59 Å². The first-order valence-corrected chi connectivity index (χ1v) is 21.7. The first kappa shape index (κ1) is 41.9. The molecule has 2 aliphatic rings. The minimum atomic E-state index is -0.995. The van der Waals surface area contributed by atoms with E-state index in [1.54, 1.807) is 24.3 Å². The van der Waals surface area contributed by atoms with E-state index < -0.39 is 11.9 Å². The number of hydrogen-bond acceptors (Lipinski definition) is 6. The molecule has 2 aromatic carbocycles. The van der Waals surface area contributed by atoms with Crippen molar-refractivity contribution in [2.45, 2.75) is 79.1 Å². The number of aromatic carboxylic acids is 2. The highest BCUT2D eigenvalue weighted by Crippen LogP contribution is 2.49. The topological polar surface area (TPSA) is 115 Å². The summed E-state index contributed by atoms with van der Waals surface area (Å²) in [7, 11) is 0.